The highest BCUT2D eigenvalue weighted by Gasteiger charge is 2.05. The molecule has 0 unspecified atom stereocenters. The standard InChI is InChI=1S/C9H5IOS2/c10-7-1-5-3-8(12)13-9(5)6(2-7)4-11/h1-4,12H. The average Bonchev–Trinajstić information content (AvgIpc) is 2.43. The molecule has 0 N–H and O–H groups in total. The minimum absolute atomic E-state index is 0.757. The lowest BCUT2D eigenvalue weighted by Gasteiger charge is -1.95. The van der Waals surface area contributed by atoms with Gasteiger partial charge in [0.1, 0.15) is 0 Å². The third-order valence-corrected chi connectivity index (χ3v) is 3.75. The normalized spacial score (nSPS) is 10.6. The van der Waals surface area contributed by atoms with Crippen molar-refractivity contribution in [2.45, 2.75) is 4.21 Å². The number of benzene rings is 1. The molecule has 0 saturated heterocycles. The van der Waals surface area contributed by atoms with Crippen LogP contribution in [0.1, 0.15) is 10.4 Å². The van der Waals surface area contributed by atoms with Crippen LogP contribution >= 0.6 is 46.6 Å². The summed E-state index contributed by atoms with van der Waals surface area (Å²) in [5.41, 5.74) is 0.757. The maximum Gasteiger partial charge on any atom is 0.151 e. The molecule has 2 aromatic rings. The second kappa shape index (κ2) is 3.59. The van der Waals surface area contributed by atoms with Crippen molar-refractivity contribution in [3.63, 3.8) is 0 Å². The van der Waals surface area contributed by atoms with Crippen molar-refractivity contribution in [3.05, 3.63) is 27.3 Å². The summed E-state index contributed by atoms with van der Waals surface area (Å²) in [5.74, 6) is 0. The number of halogens is 1. The summed E-state index contributed by atoms with van der Waals surface area (Å²) in [7, 11) is 0. The number of fused-ring (bicyclic) bond motifs is 1. The molecule has 1 aromatic carbocycles. The Morgan fingerprint density at radius 2 is 2.15 bits per heavy atom. The van der Waals surface area contributed by atoms with E-state index in [9.17, 15) is 4.79 Å². The highest BCUT2D eigenvalue weighted by Crippen LogP contribution is 2.31. The molecule has 0 radical (unpaired) electrons. The molecule has 1 aromatic heterocycles. The number of hydrogen-bond acceptors (Lipinski definition) is 3. The quantitative estimate of drug-likeness (QED) is 0.483. The minimum atomic E-state index is 0.757. The molecule has 66 valence electrons. The van der Waals surface area contributed by atoms with Crippen molar-refractivity contribution in [2.24, 2.45) is 0 Å². The highest BCUT2D eigenvalue weighted by atomic mass is 127. The Labute approximate surface area is 98.7 Å². The van der Waals surface area contributed by atoms with Gasteiger partial charge in [-0.25, -0.2) is 0 Å². The molecule has 1 nitrogen and oxygen atoms in total. The lowest BCUT2D eigenvalue weighted by molar-refractivity contribution is 0.112. The Morgan fingerprint density at radius 1 is 1.38 bits per heavy atom. The minimum Gasteiger partial charge on any atom is -0.298 e. The topological polar surface area (TPSA) is 17.1 Å². The monoisotopic (exact) mass is 320 g/mol. The predicted octanol–water partition coefficient (Wildman–Crippen LogP) is 3.61. The Bertz CT molecular complexity index is 476. The number of thiophene rings is 1. The number of aldehydes is 1. The van der Waals surface area contributed by atoms with Gasteiger partial charge >= 0.3 is 0 Å². The third-order valence-electron chi connectivity index (χ3n) is 1.72. The lowest BCUT2D eigenvalue weighted by Crippen LogP contribution is -1.80. The fraction of sp³-hybridized carbons (Fsp3) is 0. The molecule has 0 saturated carbocycles. The first-order valence-corrected chi connectivity index (χ1v) is 5.92. The van der Waals surface area contributed by atoms with E-state index in [0.29, 0.717) is 0 Å². The summed E-state index contributed by atoms with van der Waals surface area (Å²) in [4.78, 5) is 10.8. The van der Waals surface area contributed by atoms with E-state index in [-0.39, 0.29) is 0 Å². The van der Waals surface area contributed by atoms with Gasteiger partial charge in [-0.15, -0.1) is 24.0 Å². The largest absolute Gasteiger partial charge is 0.298 e. The average molecular weight is 320 g/mol. The summed E-state index contributed by atoms with van der Waals surface area (Å²) in [6.45, 7) is 0. The lowest BCUT2D eigenvalue weighted by atomic mass is 10.2. The van der Waals surface area contributed by atoms with Crippen molar-refractivity contribution in [1.82, 2.24) is 0 Å². The van der Waals surface area contributed by atoms with Gasteiger partial charge in [-0.3, -0.25) is 4.79 Å². The van der Waals surface area contributed by atoms with Crippen LogP contribution in [0.25, 0.3) is 10.1 Å². The van der Waals surface area contributed by atoms with Crippen LogP contribution in [0.4, 0.5) is 0 Å². The molecule has 2 rings (SSSR count). The first-order chi connectivity index (χ1) is 6.20. The first kappa shape index (κ1) is 9.48. The summed E-state index contributed by atoms with van der Waals surface area (Å²) in [6.07, 6.45) is 0.897. The van der Waals surface area contributed by atoms with Crippen molar-refractivity contribution in [2.75, 3.05) is 0 Å². The molecule has 0 fully saturated rings. The SMILES string of the molecule is O=Cc1cc(I)cc2cc(S)sc12. The van der Waals surface area contributed by atoms with Crippen molar-refractivity contribution in [3.8, 4) is 0 Å². The van der Waals surface area contributed by atoms with Gasteiger partial charge in [0.05, 0.1) is 4.21 Å². The van der Waals surface area contributed by atoms with Crippen LogP contribution in [0, 0.1) is 3.57 Å². The van der Waals surface area contributed by atoms with E-state index in [4.69, 9.17) is 0 Å². The van der Waals surface area contributed by atoms with Gasteiger partial charge in [0, 0.05) is 13.8 Å². The van der Waals surface area contributed by atoms with E-state index >= 15 is 0 Å². The molecule has 0 aliphatic heterocycles. The smallest absolute Gasteiger partial charge is 0.151 e. The van der Waals surface area contributed by atoms with E-state index in [1.54, 1.807) is 11.3 Å². The second-order valence-electron chi connectivity index (χ2n) is 2.62. The van der Waals surface area contributed by atoms with E-state index < -0.39 is 0 Å². The van der Waals surface area contributed by atoms with E-state index in [0.717, 1.165) is 29.7 Å². The Hall–Kier alpha value is -0.0700. The molecular weight excluding hydrogens is 315 g/mol. The first-order valence-electron chi connectivity index (χ1n) is 3.58. The zero-order valence-corrected chi connectivity index (χ0v) is 10.3. The zero-order chi connectivity index (χ0) is 9.42. The molecule has 0 bridgehead atoms. The molecule has 0 amide bonds. The van der Waals surface area contributed by atoms with Crippen LogP contribution < -0.4 is 0 Å². The molecule has 0 spiro atoms. The number of carbonyl (C=O) groups is 1. The third kappa shape index (κ3) is 1.75. The van der Waals surface area contributed by atoms with Crippen LogP contribution in [0.3, 0.4) is 0 Å². The number of hydrogen-bond donors (Lipinski definition) is 1. The van der Waals surface area contributed by atoms with Gasteiger partial charge in [0.2, 0.25) is 0 Å². The summed E-state index contributed by atoms with van der Waals surface area (Å²) in [5, 5.41) is 1.10. The van der Waals surface area contributed by atoms with Gasteiger partial charge in [0.15, 0.2) is 6.29 Å². The van der Waals surface area contributed by atoms with Crippen molar-refractivity contribution in [1.29, 1.82) is 0 Å². The molecule has 0 aliphatic rings. The fourth-order valence-corrected chi connectivity index (χ4v) is 3.16. The molecule has 1 heterocycles. The van der Waals surface area contributed by atoms with Crippen LogP contribution in [0.2, 0.25) is 0 Å². The molecule has 4 heteroatoms. The van der Waals surface area contributed by atoms with Gasteiger partial charge < -0.3 is 0 Å². The van der Waals surface area contributed by atoms with Gasteiger partial charge in [-0.05, 0) is 46.2 Å². The Kier molecular flexibility index (Phi) is 2.62. The van der Waals surface area contributed by atoms with Crippen molar-refractivity contribution < 1.29 is 4.79 Å². The van der Waals surface area contributed by atoms with Crippen molar-refractivity contribution >= 4 is 62.9 Å². The van der Waals surface area contributed by atoms with Crippen LogP contribution in [-0.4, -0.2) is 6.29 Å². The van der Waals surface area contributed by atoms with E-state index in [1.807, 2.05) is 12.1 Å². The molecule has 13 heavy (non-hydrogen) atoms. The highest BCUT2D eigenvalue weighted by molar-refractivity contribution is 14.1. The van der Waals surface area contributed by atoms with Crippen LogP contribution in [0.5, 0.6) is 0 Å². The fourth-order valence-electron chi connectivity index (χ4n) is 1.22. The Balaban J connectivity index is 2.88. The molecule has 0 aliphatic carbocycles. The maximum absolute atomic E-state index is 10.8. The molecule has 0 atom stereocenters. The maximum atomic E-state index is 10.8. The van der Waals surface area contributed by atoms with E-state index in [1.165, 1.54) is 0 Å². The van der Waals surface area contributed by atoms with Gasteiger partial charge in [0.25, 0.3) is 0 Å². The van der Waals surface area contributed by atoms with Crippen LogP contribution in [-0.2, 0) is 0 Å². The second-order valence-corrected chi connectivity index (χ2v) is 5.70. The number of rotatable bonds is 1. The van der Waals surface area contributed by atoms with Gasteiger partial charge in [-0.1, -0.05) is 0 Å². The Morgan fingerprint density at radius 3 is 2.85 bits per heavy atom. The summed E-state index contributed by atoms with van der Waals surface area (Å²) < 4.78 is 3.05. The summed E-state index contributed by atoms with van der Waals surface area (Å²) in [6, 6.07) is 5.93. The predicted molar refractivity (Wildman–Crippen MR) is 67.2 cm³/mol. The number of carbonyl (C=O) groups excluding carboxylic acids is 1. The zero-order valence-electron chi connectivity index (χ0n) is 6.45. The van der Waals surface area contributed by atoms with Crippen LogP contribution in [0.15, 0.2) is 22.4 Å². The molecular formula is C9H5IOS2. The summed E-state index contributed by atoms with van der Waals surface area (Å²) >= 11 is 8.01. The van der Waals surface area contributed by atoms with E-state index in [2.05, 4.69) is 41.3 Å². The number of thiol groups is 1. The van der Waals surface area contributed by atoms with Gasteiger partial charge in [-0.2, -0.15) is 0 Å².